The number of pyridine rings is 1. The fourth-order valence-electron chi connectivity index (χ4n) is 7.46. The lowest BCUT2D eigenvalue weighted by atomic mass is 9.84. The number of imidazole rings is 1. The molecular formula is C46H33N3. The Morgan fingerprint density at radius 2 is 1.08 bits per heavy atom. The fourth-order valence-corrected chi connectivity index (χ4v) is 7.46. The van der Waals surface area contributed by atoms with Crippen LogP contribution < -0.4 is 0 Å². The van der Waals surface area contributed by atoms with Gasteiger partial charge >= 0.3 is 0 Å². The topological polar surface area (TPSA) is 30.7 Å². The SMILES string of the molecule is CCc1nc2ccccc2n1-c1cccc(-c2cccc(-c3c4ccccc4c(-c4ccccc4-c4ccccn4)c4ccccc34)c2)c1. The van der Waals surface area contributed by atoms with Crippen molar-refractivity contribution < 1.29 is 0 Å². The fraction of sp³-hybridized carbons (Fsp3) is 0.0435. The van der Waals surface area contributed by atoms with Crippen molar-refractivity contribution >= 4 is 32.6 Å². The second kappa shape index (κ2) is 12.0. The minimum atomic E-state index is 0.858. The largest absolute Gasteiger partial charge is 0.296 e. The Morgan fingerprint density at radius 1 is 0.490 bits per heavy atom. The first kappa shape index (κ1) is 28.9. The molecule has 9 aromatic rings. The monoisotopic (exact) mass is 627 g/mol. The van der Waals surface area contributed by atoms with Crippen LogP contribution >= 0.6 is 0 Å². The number of para-hydroxylation sites is 2. The molecule has 0 aliphatic carbocycles. The summed E-state index contributed by atoms with van der Waals surface area (Å²) < 4.78 is 2.30. The van der Waals surface area contributed by atoms with Crippen LogP contribution in [0, 0.1) is 0 Å². The zero-order valence-electron chi connectivity index (χ0n) is 27.2. The van der Waals surface area contributed by atoms with Crippen LogP contribution in [0.3, 0.4) is 0 Å². The molecule has 0 N–H and O–H groups in total. The molecule has 9 rings (SSSR count). The molecule has 0 saturated carbocycles. The van der Waals surface area contributed by atoms with Gasteiger partial charge in [-0.1, -0.05) is 128 Å². The summed E-state index contributed by atoms with van der Waals surface area (Å²) in [5.41, 5.74) is 12.6. The van der Waals surface area contributed by atoms with E-state index in [2.05, 4.69) is 169 Å². The van der Waals surface area contributed by atoms with E-state index in [0.717, 1.165) is 40.2 Å². The van der Waals surface area contributed by atoms with Crippen molar-refractivity contribution in [2.45, 2.75) is 13.3 Å². The number of aryl methyl sites for hydroxylation is 1. The van der Waals surface area contributed by atoms with E-state index in [1.54, 1.807) is 0 Å². The number of hydrogen-bond donors (Lipinski definition) is 0. The van der Waals surface area contributed by atoms with Crippen molar-refractivity contribution in [1.82, 2.24) is 14.5 Å². The van der Waals surface area contributed by atoms with Gasteiger partial charge in [-0.25, -0.2) is 4.98 Å². The van der Waals surface area contributed by atoms with Crippen molar-refractivity contribution in [3.05, 3.63) is 176 Å². The quantitative estimate of drug-likeness (QED) is 0.172. The minimum Gasteiger partial charge on any atom is -0.296 e. The lowest BCUT2D eigenvalue weighted by molar-refractivity contribution is 0.908. The van der Waals surface area contributed by atoms with Gasteiger partial charge in [0.1, 0.15) is 5.82 Å². The van der Waals surface area contributed by atoms with E-state index in [0.29, 0.717) is 0 Å². The van der Waals surface area contributed by atoms with Gasteiger partial charge in [0.2, 0.25) is 0 Å². The third-order valence-corrected chi connectivity index (χ3v) is 9.60. The number of hydrogen-bond acceptors (Lipinski definition) is 2. The molecule has 3 heteroatoms. The molecule has 2 heterocycles. The minimum absolute atomic E-state index is 0.858. The average Bonchev–Trinajstić information content (AvgIpc) is 3.56. The summed E-state index contributed by atoms with van der Waals surface area (Å²) in [4.78, 5) is 9.67. The number of rotatable bonds is 6. The van der Waals surface area contributed by atoms with E-state index in [9.17, 15) is 0 Å². The summed E-state index contributed by atoms with van der Waals surface area (Å²) in [6.45, 7) is 2.17. The zero-order valence-corrected chi connectivity index (χ0v) is 27.2. The van der Waals surface area contributed by atoms with Crippen molar-refractivity contribution in [2.75, 3.05) is 0 Å². The third kappa shape index (κ3) is 4.90. The first-order chi connectivity index (χ1) is 24.3. The molecule has 0 fully saturated rings. The summed E-state index contributed by atoms with van der Waals surface area (Å²) in [7, 11) is 0. The van der Waals surface area contributed by atoms with E-state index in [-0.39, 0.29) is 0 Å². The zero-order chi connectivity index (χ0) is 32.7. The van der Waals surface area contributed by atoms with Crippen molar-refractivity contribution in [3.63, 3.8) is 0 Å². The lowest BCUT2D eigenvalue weighted by Crippen LogP contribution is -2.00. The first-order valence-corrected chi connectivity index (χ1v) is 16.9. The summed E-state index contributed by atoms with van der Waals surface area (Å²) in [5.74, 6) is 1.06. The summed E-state index contributed by atoms with van der Waals surface area (Å²) >= 11 is 0. The van der Waals surface area contributed by atoms with E-state index < -0.39 is 0 Å². The maximum absolute atomic E-state index is 4.93. The van der Waals surface area contributed by atoms with Crippen molar-refractivity contribution in [3.8, 4) is 50.3 Å². The molecule has 0 aliphatic heterocycles. The van der Waals surface area contributed by atoms with Gasteiger partial charge in [0, 0.05) is 23.9 Å². The van der Waals surface area contributed by atoms with Crippen LogP contribution in [0.25, 0.3) is 82.9 Å². The lowest BCUT2D eigenvalue weighted by Gasteiger charge is -2.20. The number of aromatic nitrogens is 3. The molecule has 0 bridgehead atoms. The molecule has 0 amide bonds. The number of benzene rings is 7. The van der Waals surface area contributed by atoms with Crippen LogP contribution in [0.1, 0.15) is 12.7 Å². The van der Waals surface area contributed by atoms with E-state index >= 15 is 0 Å². The van der Waals surface area contributed by atoms with E-state index in [4.69, 9.17) is 9.97 Å². The van der Waals surface area contributed by atoms with Crippen LogP contribution in [-0.4, -0.2) is 14.5 Å². The van der Waals surface area contributed by atoms with Gasteiger partial charge in [0.25, 0.3) is 0 Å². The molecule has 7 aromatic carbocycles. The molecule has 0 unspecified atom stereocenters. The van der Waals surface area contributed by atoms with Gasteiger partial charge in [-0.15, -0.1) is 0 Å². The van der Waals surface area contributed by atoms with Crippen LogP contribution in [-0.2, 0) is 6.42 Å². The highest BCUT2D eigenvalue weighted by molar-refractivity contribution is 6.22. The molecule has 3 nitrogen and oxygen atoms in total. The molecular weight excluding hydrogens is 595 g/mol. The predicted molar refractivity (Wildman–Crippen MR) is 205 cm³/mol. The third-order valence-electron chi connectivity index (χ3n) is 9.60. The summed E-state index contributed by atoms with van der Waals surface area (Å²) in [6.07, 6.45) is 2.73. The summed E-state index contributed by atoms with van der Waals surface area (Å²) in [6, 6.07) is 58.7. The Morgan fingerprint density at radius 3 is 1.80 bits per heavy atom. The Balaban J connectivity index is 1.24. The second-order valence-corrected chi connectivity index (χ2v) is 12.4. The summed E-state index contributed by atoms with van der Waals surface area (Å²) in [5, 5.41) is 4.92. The Labute approximate surface area is 285 Å². The second-order valence-electron chi connectivity index (χ2n) is 12.4. The smallest absolute Gasteiger partial charge is 0.114 e. The van der Waals surface area contributed by atoms with Gasteiger partial charge in [-0.05, 0) is 97.4 Å². The average molecular weight is 628 g/mol. The molecule has 0 atom stereocenters. The van der Waals surface area contributed by atoms with Crippen LogP contribution in [0.2, 0.25) is 0 Å². The molecule has 0 saturated heterocycles. The van der Waals surface area contributed by atoms with Crippen molar-refractivity contribution in [1.29, 1.82) is 0 Å². The van der Waals surface area contributed by atoms with E-state index in [1.165, 1.54) is 54.9 Å². The standard InChI is InChI=1S/C46H33N3/c1-2-44-48-42-26-9-10-27-43(42)49(44)34-18-14-16-32(30-34)31-15-13-17-33(29-31)45-37-21-5-7-23-39(37)46(40-24-8-6-22-38(40)45)36-20-4-3-19-35(36)41-25-11-12-28-47-41/h3-30H,2H2,1H3. The van der Waals surface area contributed by atoms with Gasteiger partial charge < -0.3 is 0 Å². The molecule has 0 radical (unpaired) electrons. The van der Waals surface area contributed by atoms with Gasteiger partial charge in [-0.2, -0.15) is 0 Å². The highest BCUT2D eigenvalue weighted by Crippen LogP contribution is 2.46. The number of fused-ring (bicyclic) bond motifs is 3. The molecule has 0 spiro atoms. The predicted octanol–water partition coefficient (Wildman–Crippen LogP) is 12.0. The Hall–Kier alpha value is -6.32. The highest BCUT2D eigenvalue weighted by Gasteiger charge is 2.19. The van der Waals surface area contributed by atoms with Crippen LogP contribution in [0.4, 0.5) is 0 Å². The van der Waals surface area contributed by atoms with E-state index in [1.807, 2.05) is 12.3 Å². The van der Waals surface area contributed by atoms with Gasteiger partial charge in [-0.3, -0.25) is 9.55 Å². The van der Waals surface area contributed by atoms with Crippen LogP contribution in [0.15, 0.2) is 170 Å². The Bertz CT molecular complexity index is 2590. The molecule has 49 heavy (non-hydrogen) atoms. The van der Waals surface area contributed by atoms with Gasteiger partial charge in [0.05, 0.1) is 16.7 Å². The first-order valence-electron chi connectivity index (χ1n) is 16.9. The molecule has 2 aromatic heterocycles. The van der Waals surface area contributed by atoms with Gasteiger partial charge in [0.15, 0.2) is 0 Å². The Kier molecular flexibility index (Phi) is 7.09. The molecule has 0 aliphatic rings. The van der Waals surface area contributed by atoms with Crippen LogP contribution in [0.5, 0.6) is 0 Å². The molecule has 232 valence electrons. The van der Waals surface area contributed by atoms with Crippen molar-refractivity contribution in [2.24, 2.45) is 0 Å². The maximum atomic E-state index is 4.93. The normalized spacial score (nSPS) is 11.4. The highest BCUT2D eigenvalue weighted by atomic mass is 15.1. The maximum Gasteiger partial charge on any atom is 0.114 e. The number of nitrogens with zero attached hydrogens (tertiary/aromatic N) is 3.